The van der Waals surface area contributed by atoms with Crippen molar-refractivity contribution in [1.29, 1.82) is 0 Å². The molecule has 1 fully saturated rings. The van der Waals surface area contributed by atoms with Gasteiger partial charge in [0.25, 0.3) is 0 Å². The van der Waals surface area contributed by atoms with E-state index in [1.807, 2.05) is 6.08 Å². The summed E-state index contributed by atoms with van der Waals surface area (Å²) in [4.78, 5) is 11.3. The molecular formula is C11H16O3. The number of aliphatic hydroxyl groups is 1. The molecule has 1 saturated carbocycles. The van der Waals surface area contributed by atoms with Gasteiger partial charge in [0, 0.05) is 25.4 Å². The van der Waals surface area contributed by atoms with E-state index < -0.39 is 0 Å². The van der Waals surface area contributed by atoms with E-state index >= 15 is 0 Å². The van der Waals surface area contributed by atoms with Crippen LogP contribution >= 0.6 is 0 Å². The van der Waals surface area contributed by atoms with E-state index in [9.17, 15) is 9.90 Å². The molecule has 0 aromatic heterocycles. The lowest BCUT2D eigenvalue weighted by Gasteiger charge is -2.40. The molecular weight excluding hydrogens is 180 g/mol. The standard InChI is InChI=1S/C11H16O3/c1-14-11-5-4-10(13)8-3-2-7(12)6-9(8)11/h2-3,8-11,13H,4-6H2,1H3/t8-,9+,10+,11-/m1/s1. The van der Waals surface area contributed by atoms with Crippen LogP contribution in [0.25, 0.3) is 0 Å². The Morgan fingerprint density at radius 3 is 3.00 bits per heavy atom. The Hall–Kier alpha value is -0.670. The Morgan fingerprint density at radius 2 is 2.29 bits per heavy atom. The molecule has 3 heteroatoms. The fourth-order valence-electron chi connectivity index (χ4n) is 2.62. The molecule has 0 aliphatic heterocycles. The van der Waals surface area contributed by atoms with Gasteiger partial charge in [-0.1, -0.05) is 6.08 Å². The Labute approximate surface area is 83.8 Å². The number of carbonyl (C=O) groups is 1. The maximum absolute atomic E-state index is 11.3. The molecule has 14 heavy (non-hydrogen) atoms. The minimum absolute atomic E-state index is 0.117. The number of ether oxygens (including phenoxy) is 1. The Bertz CT molecular complexity index is 259. The first kappa shape index (κ1) is 9.87. The molecule has 0 aromatic rings. The lowest BCUT2D eigenvalue weighted by atomic mass is 9.70. The fraction of sp³-hybridized carbons (Fsp3) is 0.727. The number of hydrogen-bond acceptors (Lipinski definition) is 3. The molecule has 0 aromatic carbocycles. The summed E-state index contributed by atoms with van der Waals surface area (Å²) < 4.78 is 5.36. The Morgan fingerprint density at radius 1 is 1.50 bits per heavy atom. The predicted octanol–water partition coefficient (Wildman–Crippen LogP) is 0.917. The molecule has 0 unspecified atom stereocenters. The Kier molecular flexibility index (Phi) is 2.70. The van der Waals surface area contributed by atoms with Gasteiger partial charge in [-0.15, -0.1) is 0 Å². The average molecular weight is 196 g/mol. The molecule has 0 amide bonds. The number of methoxy groups -OCH3 is 1. The van der Waals surface area contributed by atoms with Crippen molar-refractivity contribution in [2.24, 2.45) is 11.8 Å². The average Bonchev–Trinajstić information content (AvgIpc) is 2.18. The van der Waals surface area contributed by atoms with E-state index in [2.05, 4.69) is 0 Å². The second kappa shape index (κ2) is 3.83. The largest absolute Gasteiger partial charge is 0.393 e. The van der Waals surface area contributed by atoms with Crippen molar-refractivity contribution in [2.45, 2.75) is 31.5 Å². The molecule has 2 rings (SSSR count). The van der Waals surface area contributed by atoms with Crippen LogP contribution in [0.15, 0.2) is 12.2 Å². The number of hydrogen-bond donors (Lipinski definition) is 1. The van der Waals surface area contributed by atoms with E-state index in [-0.39, 0.29) is 29.8 Å². The summed E-state index contributed by atoms with van der Waals surface area (Å²) in [5.41, 5.74) is 0. The number of aliphatic hydroxyl groups excluding tert-OH is 1. The summed E-state index contributed by atoms with van der Waals surface area (Å²) in [6.07, 6.45) is 5.46. The third kappa shape index (κ3) is 1.62. The third-order valence-electron chi connectivity index (χ3n) is 3.41. The van der Waals surface area contributed by atoms with E-state index in [0.717, 1.165) is 12.8 Å². The van der Waals surface area contributed by atoms with Crippen LogP contribution in [0.3, 0.4) is 0 Å². The smallest absolute Gasteiger partial charge is 0.155 e. The van der Waals surface area contributed by atoms with Gasteiger partial charge >= 0.3 is 0 Å². The second-order valence-electron chi connectivity index (χ2n) is 4.19. The highest BCUT2D eigenvalue weighted by Crippen LogP contribution is 2.37. The summed E-state index contributed by atoms with van der Waals surface area (Å²) in [6.45, 7) is 0. The second-order valence-corrected chi connectivity index (χ2v) is 4.19. The van der Waals surface area contributed by atoms with Crippen molar-refractivity contribution >= 4 is 5.78 Å². The first-order valence-electron chi connectivity index (χ1n) is 5.14. The number of allylic oxidation sites excluding steroid dienone is 1. The lowest BCUT2D eigenvalue weighted by molar-refractivity contribution is -0.121. The summed E-state index contributed by atoms with van der Waals surface area (Å²) in [6, 6.07) is 0. The molecule has 0 saturated heterocycles. The van der Waals surface area contributed by atoms with E-state index in [1.165, 1.54) is 0 Å². The van der Waals surface area contributed by atoms with E-state index in [1.54, 1.807) is 13.2 Å². The topological polar surface area (TPSA) is 46.5 Å². The molecule has 78 valence electrons. The normalized spacial score (nSPS) is 42.3. The molecule has 2 aliphatic carbocycles. The first-order chi connectivity index (χ1) is 6.72. The summed E-state index contributed by atoms with van der Waals surface area (Å²) in [5.74, 6) is 0.454. The highest BCUT2D eigenvalue weighted by atomic mass is 16.5. The van der Waals surface area contributed by atoms with Crippen LogP contribution in [-0.4, -0.2) is 30.2 Å². The van der Waals surface area contributed by atoms with Gasteiger partial charge in [0.1, 0.15) is 0 Å². The Balaban J connectivity index is 2.19. The predicted molar refractivity (Wildman–Crippen MR) is 51.8 cm³/mol. The van der Waals surface area contributed by atoms with Crippen LogP contribution in [0.1, 0.15) is 19.3 Å². The molecule has 0 spiro atoms. The molecule has 0 bridgehead atoms. The highest BCUT2D eigenvalue weighted by Gasteiger charge is 2.39. The SMILES string of the molecule is CO[C@@H]1CC[C@H](O)[C@@H]2C=CC(=O)C[C@@H]21. The molecule has 1 N–H and O–H groups in total. The zero-order chi connectivity index (χ0) is 10.1. The van der Waals surface area contributed by atoms with Crippen LogP contribution < -0.4 is 0 Å². The number of carbonyl (C=O) groups excluding carboxylic acids is 1. The zero-order valence-corrected chi connectivity index (χ0v) is 8.35. The van der Waals surface area contributed by atoms with Crippen LogP contribution in [0.2, 0.25) is 0 Å². The van der Waals surface area contributed by atoms with Crippen LogP contribution in [0.4, 0.5) is 0 Å². The van der Waals surface area contributed by atoms with Gasteiger partial charge < -0.3 is 9.84 Å². The third-order valence-corrected chi connectivity index (χ3v) is 3.41. The van der Waals surface area contributed by atoms with Crippen molar-refractivity contribution < 1.29 is 14.6 Å². The summed E-state index contributed by atoms with van der Waals surface area (Å²) in [5, 5.41) is 9.79. The van der Waals surface area contributed by atoms with Crippen LogP contribution in [0.5, 0.6) is 0 Å². The van der Waals surface area contributed by atoms with Gasteiger partial charge in [-0.25, -0.2) is 0 Å². The number of fused-ring (bicyclic) bond motifs is 1. The molecule has 3 nitrogen and oxygen atoms in total. The molecule has 0 heterocycles. The summed E-state index contributed by atoms with van der Waals surface area (Å²) in [7, 11) is 1.68. The molecule has 2 aliphatic rings. The minimum Gasteiger partial charge on any atom is -0.393 e. The van der Waals surface area contributed by atoms with Gasteiger partial charge in [0.2, 0.25) is 0 Å². The van der Waals surface area contributed by atoms with Crippen LogP contribution in [-0.2, 0) is 9.53 Å². The lowest BCUT2D eigenvalue weighted by Crippen LogP contribution is -2.43. The first-order valence-corrected chi connectivity index (χ1v) is 5.14. The van der Waals surface area contributed by atoms with Crippen LogP contribution in [0, 0.1) is 11.8 Å². The van der Waals surface area contributed by atoms with Gasteiger partial charge in [-0.2, -0.15) is 0 Å². The number of ketones is 1. The van der Waals surface area contributed by atoms with Crippen molar-refractivity contribution in [2.75, 3.05) is 7.11 Å². The van der Waals surface area contributed by atoms with Crippen molar-refractivity contribution in [3.05, 3.63) is 12.2 Å². The zero-order valence-electron chi connectivity index (χ0n) is 8.35. The summed E-state index contributed by atoms with van der Waals surface area (Å²) >= 11 is 0. The molecule has 0 radical (unpaired) electrons. The highest BCUT2D eigenvalue weighted by molar-refractivity contribution is 5.90. The van der Waals surface area contributed by atoms with Crippen molar-refractivity contribution in [3.63, 3.8) is 0 Å². The van der Waals surface area contributed by atoms with E-state index in [0.29, 0.717) is 6.42 Å². The van der Waals surface area contributed by atoms with Gasteiger partial charge in [0.15, 0.2) is 5.78 Å². The maximum atomic E-state index is 11.3. The maximum Gasteiger partial charge on any atom is 0.155 e. The van der Waals surface area contributed by atoms with Gasteiger partial charge in [-0.05, 0) is 18.9 Å². The fourth-order valence-corrected chi connectivity index (χ4v) is 2.62. The van der Waals surface area contributed by atoms with E-state index in [4.69, 9.17) is 4.74 Å². The molecule has 4 atom stereocenters. The number of rotatable bonds is 1. The van der Waals surface area contributed by atoms with Crippen molar-refractivity contribution in [3.8, 4) is 0 Å². The van der Waals surface area contributed by atoms with Gasteiger partial charge in [0.05, 0.1) is 12.2 Å². The van der Waals surface area contributed by atoms with Gasteiger partial charge in [-0.3, -0.25) is 4.79 Å². The quantitative estimate of drug-likeness (QED) is 0.678. The van der Waals surface area contributed by atoms with Crippen molar-refractivity contribution in [1.82, 2.24) is 0 Å². The minimum atomic E-state index is -0.296. The monoisotopic (exact) mass is 196 g/mol.